The molecule has 1 aromatic heterocycles. The normalized spacial score (nSPS) is 15.6. The van der Waals surface area contributed by atoms with Crippen LogP contribution in [0.25, 0.3) is 11.3 Å². The largest absolute Gasteiger partial charge is 0.466 e. The second-order valence-corrected chi connectivity index (χ2v) is 9.32. The lowest BCUT2D eigenvalue weighted by atomic mass is 9.98. The van der Waals surface area contributed by atoms with Crippen molar-refractivity contribution in [1.29, 1.82) is 0 Å². The minimum atomic E-state index is -0.319. The van der Waals surface area contributed by atoms with Crippen LogP contribution >= 0.6 is 0 Å². The van der Waals surface area contributed by atoms with Crippen molar-refractivity contribution in [2.45, 2.75) is 47.0 Å². The number of aryl methyl sites for hydroxylation is 3. The third kappa shape index (κ3) is 6.72. The van der Waals surface area contributed by atoms with Crippen molar-refractivity contribution in [3.8, 4) is 11.3 Å². The summed E-state index contributed by atoms with van der Waals surface area (Å²) in [6.45, 7) is 9.96. The molecule has 1 aliphatic rings. The average Bonchev–Trinajstić information content (AvgIpc) is 3.33. The van der Waals surface area contributed by atoms with Crippen molar-refractivity contribution in [2.75, 3.05) is 46.5 Å². The first kappa shape index (κ1) is 27.4. The highest BCUT2D eigenvalue weighted by Crippen LogP contribution is 2.29. The van der Waals surface area contributed by atoms with Gasteiger partial charge in [0.15, 0.2) is 11.5 Å². The molecule has 0 unspecified atom stereocenters. The zero-order valence-electron chi connectivity index (χ0n) is 22.0. The van der Waals surface area contributed by atoms with E-state index in [-0.39, 0.29) is 42.4 Å². The fraction of sp³-hybridized carbons (Fsp3) is 0.556. The van der Waals surface area contributed by atoms with E-state index in [1.54, 1.807) is 29.9 Å². The Bertz CT molecular complexity index is 1060. The Hall–Kier alpha value is -3.20. The van der Waals surface area contributed by atoms with E-state index in [0.717, 1.165) is 35.1 Å². The standard InChI is InChI=1S/C27H37N3O6/c1-6-35-27(33)21-8-7-10-30(17-21)24(31)9-11-29(12-13-34-5)26(32)22-16-23(36-28-22)25-19(3)14-18(2)15-20(25)4/h14-16,21H,6-13,17H2,1-5H3/t21-/m1/s1. The van der Waals surface area contributed by atoms with Crippen LogP contribution in [0.15, 0.2) is 22.7 Å². The zero-order valence-corrected chi connectivity index (χ0v) is 22.0. The number of hydrogen-bond acceptors (Lipinski definition) is 7. The van der Waals surface area contributed by atoms with Gasteiger partial charge in [-0.3, -0.25) is 14.4 Å². The highest BCUT2D eigenvalue weighted by atomic mass is 16.5. The molecule has 9 heteroatoms. The number of carbonyl (C=O) groups excluding carboxylic acids is 3. The van der Waals surface area contributed by atoms with Gasteiger partial charge in [0.25, 0.3) is 5.91 Å². The lowest BCUT2D eigenvalue weighted by Gasteiger charge is -2.32. The number of ether oxygens (including phenoxy) is 2. The summed E-state index contributed by atoms with van der Waals surface area (Å²) in [6.07, 6.45) is 1.61. The van der Waals surface area contributed by atoms with E-state index in [1.165, 1.54) is 0 Å². The van der Waals surface area contributed by atoms with Crippen LogP contribution in [0.5, 0.6) is 0 Å². The molecular weight excluding hydrogens is 462 g/mol. The van der Waals surface area contributed by atoms with E-state index in [9.17, 15) is 14.4 Å². The quantitative estimate of drug-likeness (QED) is 0.461. The Labute approximate surface area is 212 Å². The Kier molecular flexibility index (Phi) is 9.64. The molecule has 2 aromatic rings. The molecule has 0 spiro atoms. The predicted molar refractivity (Wildman–Crippen MR) is 134 cm³/mol. The number of nitrogens with zero attached hydrogens (tertiary/aromatic N) is 3. The number of methoxy groups -OCH3 is 1. The lowest BCUT2D eigenvalue weighted by Crippen LogP contribution is -2.44. The van der Waals surface area contributed by atoms with Crippen LogP contribution in [0.4, 0.5) is 0 Å². The van der Waals surface area contributed by atoms with Crippen molar-refractivity contribution in [3.05, 3.63) is 40.6 Å². The maximum Gasteiger partial charge on any atom is 0.310 e. The van der Waals surface area contributed by atoms with Crippen molar-refractivity contribution in [1.82, 2.24) is 15.0 Å². The molecule has 36 heavy (non-hydrogen) atoms. The first-order chi connectivity index (χ1) is 17.2. The molecule has 196 valence electrons. The fourth-order valence-electron chi connectivity index (χ4n) is 4.79. The van der Waals surface area contributed by atoms with Crippen LogP contribution in [0, 0.1) is 26.7 Å². The summed E-state index contributed by atoms with van der Waals surface area (Å²) in [6, 6.07) is 5.79. The summed E-state index contributed by atoms with van der Waals surface area (Å²) in [5, 5.41) is 4.04. The van der Waals surface area contributed by atoms with Crippen LogP contribution in [0.3, 0.4) is 0 Å². The highest BCUT2D eigenvalue weighted by molar-refractivity contribution is 5.93. The van der Waals surface area contributed by atoms with Crippen LogP contribution in [-0.4, -0.2) is 79.2 Å². The number of hydrogen-bond donors (Lipinski definition) is 0. The monoisotopic (exact) mass is 499 g/mol. The van der Waals surface area contributed by atoms with Crippen molar-refractivity contribution < 1.29 is 28.4 Å². The van der Waals surface area contributed by atoms with Crippen molar-refractivity contribution in [3.63, 3.8) is 0 Å². The van der Waals surface area contributed by atoms with Gasteiger partial charge in [0.05, 0.1) is 19.1 Å². The second kappa shape index (κ2) is 12.7. The van der Waals surface area contributed by atoms with Gasteiger partial charge < -0.3 is 23.8 Å². The number of likely N-dealkylation sites (tertiary alicyclic amines) is 1. The van der Waals surface area contributed by atoms with Gasteiger partial charge in [-0.1, -0.05) is 22.9 Å². The molecule has 2 heterocycles. The molecule has 1 fully saturated rings. The molecule has 1 atom stereocenters. The average molecular weight is 500 g/mol. The van der Waals surface area contributed by atoms with Gasteiger partial charge >= 0.3 is 5.97 Å². The summed E-state index contributed by atoms with van der Waals surface area (Å²) in [5.74, 6) is -0.426. The summed E-state index contributed by atoms with van der Waals surface area (Å²) in [4.78, 5) is 41.6. The molecule has 1 aromatic carbocycles. The number of rotatable bonds is 10. The van der Waals surface area contributed by atoms with E-state index in [4.69, 9.17) is 14.0 Å². The molecular formula is C27H37N3O6. The molecule has 0 bridgehead atoms. The minimum absolute atomic E-state index is 0.0917. The van der Waals surface area contributed by atoms with Gasteiger partial charge in [0.2, 0.25) is 5.91 Å². The Morgan fingerprint density at radius 2 is 1.86 bits per heavy atom. The van der Waals surface area contributed by atoms with Gasteiger partial charge in [0, 0.05) is 51.3 Å². The first-order valence-electron chi connectivity index (χ1n) is 12.5. The third-order valence-corrected chi connectivity index (χ3v) is 6.49. The molecule has 0 aliphatic carbocycles. The van der Waals surface area contributed by atoms with Crippen molar-refractivity contribution >= 4 is 17.8 Å². The Balaban J connectivity index is 1.68. The van der Waals surface area contributed by atoms with E-state index in [1.807, 2.05) is 20.8 Å². The molecule has 1 aliphatic heterocycles. The van der Waals surface area contributed by atoms with Gasteiger partial charge in [-0.2, -0.15) is 0 Å². The molecule has 1 saturated heterocycles. The molecule has 0 radical (unpaired) electrons. The van der Waals surface area contributed by atoms with Crippen LogP contribution < -0.4 is 0 Å². The minimum Gasteiger partial charge on any atom is -0.466 e. The van der Waals surface area contributed by atoms with Gasteiger partial charge in [0.1, 0.15) is 0 Å². The van der Waals surface area contributed by atoms with E-state index in [2.05, 4.69) is 17.3 Å². The second-order valence-electron chi connectivity index (χ2n) is 9.32. The van der Waals surface area contributed by atoms with E-state index in [0.29, 0.717) is 38.6 Å². The number of benzene rings is 1. The molecule has 9 nitrogen and oxygen atoms in total. The number of esters is 1. The van der Waals surface area contributed by atoms with Crippen LogP contribution in [0.2, 0.25) is 0 Å². The predicted octanol–water partition coefficient (Wildman–Crippen LogP) is 3.55. The topological polar surface area (TPSA) is 102 Å². The molecule has 3 rings (SSSR count). The molecule has 0 N–H and O–H groups in total. The summed E-state index contributed by atoms with van der Waals surface area (Å²) in [7, 11) is 1.56. The van der Waals surface area contributed by atoms with Crippen LogP contribution in [-0.2, 0) is 19.1 Å². The van der Waals surface area contributed by atoms with Gasteiger partial charge in [-0.05, 0) is 51.7 Å². The number of aromatic nitrogens is 1. The number of amides is 2. The number of piperidine rings is 1. The molecule has 2 amide bonds. The Morgan fingerprint density at radius 1 is 1.14 bits per heavy atom. The molecule has 0 saturated carbocycles. The zero-order chi connectivity index (χ0) is 26.2. The number of carbonyl (C=O) groups is 3. The summed E-state index contributed by atoms with van der Waals surface area (Å²) in [5.41, 5.74) is 4.36. The summed E-state index contributed by atoms with van der Waals surface area (Å²) < 4.78 is 15.9. The van der Waals surface area contributed by atoms with Crippen molar-refractivity contribution in [2.24, 2.45) is 5.92 Å². The van der Waals surface area contributed by atoms with E-state index < -0.39 is 0 Å². The fourth-order valence-corrected chi connectivity index (χ4v) is 4.79. The van der Waals surface area contributed by atoms with Gasteiger partial charge in [-0.15, -0.1) is 0 Å². The summed E-state index contributed by atoms with van der Waals surface area (Å²) >= 11 is 0. The first-order valence-corrected chi connectivity index (χ1v) is 12.5. The SMILES string of the molecule is CCOC(=O)[C@@H]1CCCN(C(=O)CCN(CCOC)C(=O)c2cc(-c3c(C)cc(C)cc3C)on2)C1. The maximum atomic E-state index is 13.3. The van der Waals surface area contributed by atoms with Gasteiger partial charge in [-0.25, -0.2) is 0 Å². The third-order valence-electron chi connectivity index (χ3n) is 6.49. The smallest absolute Gasteiger partial charge is 0.310 e. The highest BCUT2D eigenvalue weighted by Gasteiger charge is 2.30. The van der Waals surface area contributed by atoms with Crippen LogP contribution in [0.1, 0.15) is 53.4 Å². The Morgan fingerprint density at radius 3 is 2.53 bits per heavy atom. The maximum absolute atomic E-state index is 13.3. The lowest BCUT2D eigenvalue weighted by molar-refractivity contribution is -0.151. The van der Waals surface area contributed by atoms with E-state index >= 15 is 0 Å².